The quantitative estimate of drug-likeness (QED) is 0.637. The molecule has 0 radical (unpaired) electrons. The fourth-order valence-electron chi connectivity index (χ4n) is 1.92. The number of hydrogen-bond acceptors (Lipinski definition) is 1. The molecule has 0 N–H and O–H groups in total. The number of hydrogen-bond donors (Lipinski definition) is 0. The largest absolute Gasteiger partial charge is 0.306 e. The molecule has 0 unspecified atom stereocenters. The lowest BCUT2D eigenvalue weighted by atomic mass is 10.2. The maximum absolute atomic E-state index is 4.50. The molecule has 2 aromatic heterocycles. The number of nitrogens with zero attached hydrogens (tertiary/aromatic N) is 2. The predicted octanol–water partition coefficient (Wildman–Crippen LogP) is 4.06. The first-order valence-electron chi connectivity index (χ1n) is 6.25. The minimum absolute atomic E-state index is 0.962. The van der Waals surface area contributed by atoms with E-state index >= 15 is 0 Å². The number of aromatic nitrogens is 2. The zero-order valence-electron chi connectivity index (χ0n) is 10.5. The Kier molecular flexibility index (Phi) is 3.24. The lowest BCUT2D eigenvalue weighted by molar-refractivity contribution is 1.19. The minimum Gasteiger partial charge on any atom is -0.306 e. The van der Waals surface area contributed by atoms with Gasteiger partial charge in [-0.2, -0.15) is 0 Å². The Morgan fingerprint density at radius 2 is 1.63 bits per heavy atom. The van der Waals surface area contributed by atoms with Gasteiger partial charge in [-0.3, -0.25) is 0 Å². The first-order chi connectivity index (χ1) is 9.42. The van der Waals surface area contributed by atoms with Crippen molar-refractivity contribution >= 4 is 17.8 Å². The van der Waals surface area contributed by atoms with Gasteiger partial charge in [0.1, 0.15) is 5.65 Å². The summed E-state index contributed by atoms with van der Waals surface area (Å²) in [6.45, 7) is 0. The van der Waals surface area contributed by atoms with E-state index in [1.807, 2.05) is 71.4 Å². The number of imidazole rings is 1. The smallest absolute Gasteiger partial charge is 0.137 e. The van der Waals surface area contributed by atoms with Crippen LogP contribution < -0.4 is 0 Å². The number of benzene rings is 1. The second-order valence-electron chi connectivity index (χ2n) is 4.26. The van der Waals surface area contributed by atoms with Crippen LogP contribution >= 0.6 is 0 Å². The van der Waals surface area contributed by atoms with Gasteiger partial charge < -0.3 is 4.40 Å². The SMILES string of the molecule is C(/C=C/c1cn2ccccc2n1)=C\c1ccccc1. The fourth-order valence-corrected chi connectivity index (χ4v) is 1.92. The molecule has 0 aliphatic rings. The molecule has 0 spiro atoms. The highest BCUT2D eigenvalue weighted by molar-refractivity contribution is 5.57. The van der Waals surface area contributed by atoms with Gasteiger partial charge in [0.25, 0.3) is 0 Å². The van der Waals surface area contributed by atoms with Gasteiger partial charge in [-0.25, -0.2) is 4.98 Å². The van der Waals surface area contributed by atoms with Crippen molar-refractivity contribution in [3.63, 3.8) is 0 Å². The zero-order valence-corrected chi connectivity index (χ0v) is 10.5. The summed E-state index contributed by atoms with van der Waals surface area (Å²) in [5.74, 6) is 0. The molecule has 0 saturated heterocycles. The normalized spacial score (nSPS) is 11.8. The third kappa shape index (κ3) is 2.80. The van der Waals surface area contributed by atoms with E-state index in [0.29, 0.717) is 0 Å². The van der Waals surface area contributed by atoms with Crippen molar-refractivity contribution < 1.29 is 0 Å². The Morgan fingerprint density at radius 3 is 2.47 bits per heavy atom. The van der Waals surface area contributed by atoms with Crippen LogP contribution in [-0.4, -0.2) is 9.38 Å². The van der Waals surface area contributed by atoms with E-state index in [0.717, 1.165) is 11.3 Å². The van der Waals surface area contributed by atoms with Crippen molar-refractivity contribution in [3.8, 4) is 0 Å². The molecule has 3 rings (SSSR count). The Bertz CT molecular complexity index is 688. The maximum atomic E-state index is 4.50. The van der Waals surface area contributed by atoms with Crippen LogP contribution in [0.25, 0.3) is 17.8 Å². The van der Waals surface area contributed by atoms with E-state index in [1.165, 1.54) is 5.56 Å². The molecule has 2 nitrogen and oxygen atoms in total. The Hall–Kier alpha value is -2.61. The molecule has 0 saturated carbocycles. The second kappa shape index (κ2) is 5.36. The van der Waals surface area contributed by atoms with Crippen LogP contribution in [0.1, 0.15) is 11.3 Å². The van der Waals surface area contributed by atoms with E-state index in [4.69, 9.17) is 0 Å². The van der Waals surface area contributed by atoms with Crippen LogP contribution in [0.15, 0.2) is 73.1 Å². The summed E-state index contributed by atoms with van der Waals surface area (Å²) in [6, 6.07) is 16.2. The van der Waals surface area contributed by atoms with Crippen LogP contribution in [0.4, 0.5) is 0 Å². The van der Waals surface area contributed by atoms with Crippen LogP contribution in [0, 0.1) is 0 Å². The van der Waals surface area contributed by atoms with E-state index < -0.39 is 0 Å². The highest BCUT2D eigenvalue weighted by Crippen LogP contribution is 2.06. The first kappa shape index (κ1) is 11.5. The van der Waals surface area contributed by atoms with Gasteiger partial charge >= 0.3 is 0 Å². The van der Waals surface area contributed by atoms with Gasteiger partial charge in [0, 0.05) is 12.4 Å². The lowest BCUT2D eigenvalue weighted by Crippen LogP contribution is -1.77. The maximum Gasteiger partial charge on any atom is 0.137 e. The van der Waals surface area contributed by atoms with Crippen LogP contribution in [-0.2, 0) is 0 Å². The van der Waals surface area contributed by atoms with E-state index in [9.17, 15) is 0 Å². The average molecular weight is 246 g/mol. The summed E-state index contributed by atoms with van der Waals surface area (Å²) in [4.78, 5) is 4.50. The van der Waals surface area contributed by atoms with Gasteiger partial charge in [-0.15, -0.1) is 0 Å². The van der Waals surface area contributed by atoms with Gasteiger partial charge in [0.05, 0.1) is 5.69 Å². The summed E-state index contributed by atoms with van der Waals surface area (Å²) in [5.41, 5.74) is 3.13. The van der Waals surface area contributed by atoms with Crippen molar-refractivity contribution in [3.05, 3.63) is 84.3 Å². The van der Waals surface area contributed by atoms with Gasteiger partial charge in [-0.05, 0) is 23.8 Å². The van der Waals surface area contributed by atoms with Crippen LogP contribution in [0.5, 0.6) is 0 Å². The predicted molar refractivity (Wildman–Crippen MR) is 79.7 cm³/mol. The first-order valence-corrected chi connectivity index (χ1v) is 6.25. The van der Waals surface area contributed by atoms with E-state index in [-0.39, 0.29) is 0 Å². The third-order valence-corrected chi connectivity index (χ3v) is 2.85. The lowest BCUT2D eigenvalue weighted by Gasteiger charge is -1.88. The number of fused-ring (bicyclic) bond motifs is 1. The fraction of sp³-hybridized carbons (Fsp3) is 0. The number of pyridine rings is 1. The second-order valence-corrected chi connectivity index (χ2v) is 4.26. The Labute approximate surface area is 112 Å². The molecule has 1 aromatic carbocycles. The van der Waals surface area contributed by atoms with Crippen LogP contribution in [0.3, 0.4) is 0 Å². The molecule has 0 aliphatic heterocycles. The van der Waals surface area contributed by atoms with Gasteiger partial charge in [0.2, 0.25) is 0 Å². The monoisotopic (exact) mass is 246 g/mol. The molecule has 0 aliphatic carbocycles. The Morgan fingerprint density at radius 1 is 0.842 bits per heavy atom. The van der Waals surface area contributed by atoms with Crippen molar-refractivity contribution in [1.82, 2.24) is 9.38 Å². The number of allylic oxidation sites excluding steroid dienone is 2. The zero-order chi connectivity index (χ0) is 12.9. The molecule has 0 amide bonds. The molecule has 0 fully saturated rings. The average Bonchev–Trinajstić information content (AvgIpc) is 2.87. The molecule has 92 valence electrons. The van der Waals surface area contributed by atoms with E-state index in [1.54, 1.807) is 0 Å². The Balaban J connectivity index is 1.74. The molecule has 0 bridgehead atoms. The van der Waals surface area contributed by atoms with E-state index in [2.05, 4.69) is 23.2 Å². The van der Waals surface area contributed by atoms with Crippen molar-refractivity contribution in [2.75, 3.05) is 0 Å². The topological polar surface area (TPSA) is 17.3 Å². The summed E-state index contributed by atoms with van der Waals surface area (Å²) >= 11 is 0. The molecular weight excluding hydrogens is 232 g/mol. The highest BCUT2D eigenvalue weighted by atomic mass is 15.0. The standard InChI is InChI=1S/C17H14N2/c1-2-8-15(9-3-1)10-4-5-11-16-14-19-13-7-6-12-17(19)18-16/h1-14H/b10-4+,11-5+. The molecule has 2 heterocycles. The van der Waals surface area contributed by atoms with Crippen molar-refractivity contribution in [1.29, 1.82) is 0 Å². The molecule has 2 heteroatoms. The van der Waals surface area contributed by atoms with Gasteiger partial charge in [0.15, 0.2) is 0 Å². The van der Waals surface area contributed by atoms with Gasteiger partial charge in [-0.1, -0.05) is 54.6 Å². The minimum atomic E-state index is 0.962. The third-order valence-electron chi connectivity index (χ3n) is 2.85. The number of rotatable bonds is 3. The molecular formula is C17H14N2. The van der Waals surface area contributed by atoms with Crippen molar-refractivity contribution in [2.45, 2.75) is 0 Å². The summed E-state index contributed by atoms with van der Waals surface area (Å²) in [7, 11) is 0. The summed E-state index contributed by atoms with van der Waals surface area (Å²) < 4.78 is 2.01. The van der Waals surface area contributed by atoms with Crippen molar-refractivity contribution in [2.24, 2.45) is 0 Å². The molecule has 3 aromatic rings. The summed E-state index contributed by atoms with van der Waals surface area (Å²) in [5, 5.41) is 0. The van der Waals surface area contributed by atoms with Crippen LogP contribution in [0.2, 0.25) is 0 Å². The summed E-state index contributed by atoms with van der Waals surface area (Å²) in [6.07, 6.45) is 12.1. The molecule has 19 heavy (non-hydrogen) atoms. The molecule has 0 atom stereocenters. The highest BCUT2D eigenvalue weighted by Gasteiger charge is 1.95.